The fourth-order valence-electron chi connectivity index (χ4n) is 2.44. The van der Waals surface area contributed by atoms with Crippen molar-refractivity contribution in [2.24, 2.45) is 0 Å². The summed E-state index contributed by atoms with van der Waals surface area (Å²) in [7, 11) is 2.18. The van der Waals surface area contributed by atoms with Gasteiger partial charge in [-0.3, -0.25) is 4.98 Å². The first kappa shape index (κ1) is 13.3. The molecule has 1 unspecified atom stereocenters. The van der Waals surface area contributed by atoms with Crippen LogP contribution in [0.2, 0.25) is 0 Å². The molecule has 0 aliphatic carbocycles. The van der Waals surface area contributed by atoms with Gasteiger partial charge in [0.2, 0.25) is 0 Å². The van der Waals surface area contributed by atoms with Crippen molar-refractivity contribution in [1.82, 2.24) is 9.88 Å². The van der Waals surface area contributed by atoms with Gasteiger partial charge < -0.3 is 9.64 Å². The lowest BCUT2D eigenvalue weighted by Gasteiger charge is -2.19. The summed E-state index contributed by atoms with van der Waals surface area (Å²) in [4.78, 5) is 6.65. The zero-order valence-electron chi connectivity index (χ0n) is 11.6. The van der Waals surface area contributed by atoms with E-state index < -0.39 is 0 Å². The van der Waals surface area contributed by atoms with Crippen LogP contribution in [-0.4, -0.2) is 36.1 Å². The predicted octanol–water partition coefficient (Wildman–Crippen LogP) is 2.90. The van der Waals surface area contributed by atoms with Gasteiger partial charge in [-0.1, -0.05) is 13.3 Å². The van der Waals surface area contributed by atoms with E-state index in [1.807, 2.05) is 12.4 Å². The van der Waals surface area contributed by atoms with Crippen LogP contribution in [0.25, 0.3) is 0 Å². The number of aromatic nitrogens is 1. The molecule has 1 aliphatic rings. The maximum absolute atomic E-state index is 5.88. The largest absolute Gasteiger partial charge is 0.490 e. The second-order valence-electron chi connectivity index (χ2n) is 5.22. The summed E-state index contributed by atoms with van der Waals surface area (Å²) in [5.41, 5.74) is 1.29. The highest BCUT2D eigenvalue weighted by atomic mass is 16.5. The highest BCUT2D eigenvalue weighted by molar-refractivity contribution is 5.23. The van der Waals surface area contributed by atoms with Gasteiger partial charge >= 0.3 is 0 Å². The first-order valence-electron chi connectivity index (χ1n) is 7.06. The number of aryl methyl sites for hydroxylation is 1. The zero-order chi connectivity index (χ0) is 12.8. The summed E-state index contributed by atoms with van der Waals surface area (Å²) >= 11 is 0. The summed E-state index contributed by atoms with van der Waals surface area (Å²) in [5, 5.41) is 0. The number of likely N-dealkylation sites (tertiary alicyclic amines) is 1. The van der Waals surface area contributed by atoms with Crippen molar-refractivity contribution in [3.63, 3.8) is 0 Å². The Hall–Kier alpha value is -1.09. The highest BCUT2D eigenvalue weighted by Crippen LogP contribution is 2.18. The summed E-state index contributed by atoms with van der Waals surface area (Å²) in [6.07, 6.45) is 9.85. The Balaban J connectivity index is 1.84. The molecule has 100 valence electrons. The van der Waals surface area contributed by atoms with Crippen molar-refractivity contribution in [1.29, 1.82) is 0 Å². The van der Waals surface area contributed by atoms with Crippen LogP contribution in [-0.2, 0) is 6.42 Å². The van der Waals surface area contributed by atoms with Crippen LogP contribution in [0.4, 0.5) is 0 Å². The Morgan fingerprint density at radius 3 is 3.06 bits per heavy atom. The lowest BCUT2D eigenvalue weighted by molar-refractivity contribution is 0.197. The molecule has 3 nitrogen and oxygen atoms in total. The average molecular weight is 248 g/mol. The minimum atomic E-state index is 0.573. The lowest BCUT2D eigenvalue weighted by atomic mass is 10.1. The third-order valence-electron chi connectivity index (χ3n) is 3.70. The maximum Gasteiger partial charge on any atom is 0.137 e. The second-order valence-corrected chi connectivity index (χ2v) is 5.22. The van der Waals surface area contributed by atoms with E-state index in [4.69, 9.17) is 4.74 Å². The van der Waals surface area contributed by atoms with E-state index in [0.29, 0.717) is 6.04 Å². The predicted molar refractivity (Wildman–Crippen MR) is 74.0 cm³/mol. The second kappa shape index (κ2) is 6.74. The fraction of sp³-hybridized carbons (Fsp3) is 0.667. The van der Waals surface area contributed by atoms with E-state index >= 15 is 0 Å². The number of hydrogen-bond acceptors (Lipinski definition) is 3. The van der Waals surface area contributed by atoms with Crippen molar-refractivity contribution < 1.29 is 4.74 Å². The molecule has 0 spiro atoms. The quantitative estimate of drug-likeness (QED) is 0.774. The van der Waals surface area contributed by atoms with Crippen molar-refractivity contribution in [3.05, 3.63) is 24.0 Å². The van der Waals surface area contributed by atoms with Gasteiger partial charge in [-0.25, -0.2) is 0 Å². The SMILES string of the molecule is CCCCc1cncc(OCC2CCCN2C)c1. The molecule has 2 heterocycles. The molecular weight excluding hydrogens is 224 g/mol. The molecule has 3 heteroatoms. The molecule has 0 N–H and O–H groups in total. The summed E-state index contributed by atoms with van der Waals surface area (Å²) in [6.45, 7) is 4.20. The molecular formula is C15H24N2O. The molecule has 2 rings (SSSR count). The number of likely N-dealkylation sites (N-methyl/N-ethyl adjacent to an activating group) is 1. The number of hydrogen-bond donors (Lipinski definition) is 0. The van der Waals surface area contributed by atoms with E-state index in [2.05, 4.69) is 29.9 Å². The van der Waals surface area contributed by atoms with Crippen LogP contribution in [0, 0.1) is 0 Å². The van der Waals surface area contributed by atoms with Crippen molar-refractivity contribution in [3.8, 4) is 5.75 Å². The molecule has 0 bridgehead atoms. The van der Waals surface area contributed by atoms with Crippen LogP contribution in [0.5, 0.6) is 5.75 Å². The Morgan fingerprint density at radius 2 is 2.33 bits per heavy atom. The molecule has 1 aromatic heterocycles. The Kier molecular flexibility index (Phi) is 5.00. The number of pyridine rings is 1. The van der Waals surface area contributed by atoms with Gasteiger partial charge in [0.05, 0.1) is 6.20 Å². The summed E-state index contributed by atoms with van der Waals surface area (Å²) in [5.74, 6) is 0.920. The van der Waals surface area contributed by atoms with E-state index in [-0.39, 0.29) is 0 Å². The van der Waals surface area contributed by atoms with Gasteiger partial charge in [-0.05, 0) is 50.9 Å². The van der Waals surface area contributed by atoms with Crippen LogP contribution >= 0.6 is 0 Å². The van der Waals surface area contributed by atoms with E-state index in [0.717, 1.165) is 18.8 Å². The lowest BCUT2D eigenvalue weighted by Crippen LogP contribution is -2.30. The minimum Gasteiger partial charge on any atom is -0.490 e. The molecule has 0 aromatic carbocycles. The van der Waals surface area contributed by atoms with Gasteiger partial charge in [-0.2, -0.15) is 0 Å². The molecule has 1 saturated heterocycles. The number of nitrogens with zero attached hydrogens (tertiary/aromatic N) is 2. The van der Waals surface area contributed by atoms with Crippen molar-refractivity contribution in [2.75, 3.05) is 20.2 Å². The van der Waals surface area contributed by atoms with Crippen LogP contribution < -0.4 is 4.74 Å². The molecule has 0 saturated carbocycles. The summed E-state index contributed by atoms with van der Waals surface area (Å²) in [6, 6.07) is 2.71. The molecule has 0 radical (unpaired) electrons. The van der Waals surface area contributed by atoms with Crippen LogP contribution in [0.3, 0.4) is 0 Å². The molecule has 0 amide bonds. The van der Waals surface area contributed by atoms with E-state index in [9.17, 15) is 0 Å². The monoisotopic (exact) mass is 248 g/mol. The van der Waals surface area contributed by atoms with Crippen LogP contribution in [0.15, 0.2) is 18.5 Å². The molecule has 18 heavy (non-hydrogen) atoms. The Bertz CT molecular complexity index is 367. The third kappa shape index (κ3) is 3.70. The number of ether oxygens (including phenoxy) is 1. The average Bonchev–Trinajstić information content (AvgIpc) is 2.80. The zero-order valence-corrected chi connectivity index (χ0v) is 11.6. The molecule has 1 atom stereocenters. The van der Waals surface area contributed by atoms with Crippen molar-refractivity contribution >= 4 is 0 Å². The van der Waals surface area contributed by atoms with Gasteiger partial charge in [-0.15, -0.1) is 0 Å². The fourth-order valence-corrected chi connectivity index (χ4v) is 2.44. The maximum atomic E-state index is 5.88. The van der Waals surface area contributed by atoms with Gasteiger partial charge in [0.25, 0.3) is 0 Å². The molecule has 1 aliphatic heterocycles. The van der Waals surface area contributed by atoms with E-state index in [1.165, 1.54) is 37.8 Å². The Morgan fingerprint density at radius 1 is 1.44 bits per heavy atom. The smallest absolute Gasteiger partial charge is 0.137 e. The number of unbranched alkanes of at least 4 members (excludes halogenated alkanes) is 1. The number of rotatable bonds is 6. The standard InChI is InChI=1S/C15H24N2O/c1-3-4-6-13-9-15(11-16-10-13)18-12-14-7-5-8-17(14)2/h9-11,14H,3-8,12H2,1-2H3. The first-order chi connectivity index (χ1) is 8.79. The highest BCUT2D eigenvalue weighted by Gasteiger charge is 2.21. The third-order valence-corrected chi connectivity index (χ3v) is 3.70. The van der Waals surface area contributed by atoms with Gasteiger partial charge in [0.1, 0.15) is 12.4 Å². The van der Waals surface area contributed by atoms with Gasteiger partial charge in [0.15, 0.2) is 0 Å². The summed E-state index contributed by atoms with van der Waals surface area (Å²) < 4.78 is 5.88. The van der Waals surface area contributed by atoms with Gasteiger partial charge in [0, 0.05) is 12.2 Å². The molecule has 1 aromatic rings. The molecule has 1 fully saturated rings. The van der Waals surface area contributed by atoms with Crippen molar-refractivity contribution in [2.45, 2.75) is 45.1 Å². The topological polar surface area (TPSA) is 25.4 Å². The normalized spacial score (nSPS) is 20.2. The first-order valence-corrected chi connectivity index (χ1v) is 7.06. The minimum absolute atomic E-state index is 0.573. The van der Waals surface area contributed by atoms with Crippen LogP contribution in [0.1, 0.15) is 38.2 Å². The Labute approximate surface area is 110 Å². The van der Waals surface area contributed by atoms with E-state index in [1.54, 1.807) is 0 Å².